The van der Waals surface area contributed by atoms with Crippen molar-refractivity contribution in [3.8, 4) is 22.8 Å². The number of halogens is 2. The fraction of sp³-hybridized carbons (Fsp3) is 0.413. The summed E-state index contributed by atoms with van der Waals surface area (Å²) in [5.74, 6) is -1.27. The van der Waals surface area contributed by atoms with Crippen molar-refractivity contribution in [3.05, 3.63) is 112 Å². The molecule has 0 bridgehead atoms. The van der Waals surface area contributed by atoms with Crippen LogP contribution in [-0.4, -0.2) is 105 Å². The van der Waals surface area contributed by atoms with Gasteiger partial charge in [0.15, 0.2) is 0 Å². The van der Waals surface area contributed by atoms with Crippen LogP contribution >= 0.6 is 23.2 Å². The van der Waals surface area contributed by atoms with Crippen molar-refractivity contribution in [2.45, 2.75) is 76.7 Å². The van der Waals surface area contributed by atoms with E-state index in [0.717, 1.165) is 28.2 Å². The average Bonchev–Trinajstić information content (AvgIpc) is 3.59. The van der Waals surface area contributed by atoms with Gasteiger partial charge in [0.05, 0.1) is 49.0 Å². The molecule has 5 rings (SSSR count). The van der Waals surface area contributed by atoms with E-state index in [9.17, 15) is 29.4 Å². The van der Waals surface area contributed by atoms with Crippen molar-refractivity contribution in [1.82, 2.24) is 35.3 Å². The molecule has 16 heteroatoms. The van der Waals surface area contributed by atoms with Crippen LogP contribution in [0.2, 0.25) is 10.0 Å². The molecule has 0 radical (unpaired) electrons. The lowest BCUT2D eigenvalue weighted by Crippen LogP contribution is -2.65. The van der Waals surface area contributed by atoms with E-state index in [2.05, 4.69) is 30.4 Å². The minimum atomic E-state index is -1.31. The lowest BCUT2D eigenvalue weighted by Gasteiger charge is -2.45. The zero-order chi connectivity index (χ0) is 45.0. The molecule has 4 aromatic rings. The first-order valence-electron chi connectivity index (χ1n) is 20.6. The number of carboxylic acid groups (broad SMARTS) is 1. The van der Waals surface area contributed by atoms with Crippen LogP contribution in [0.4, 0.5) is 0 Å². The summed E-state index contributed by atoms with van der Waals surface area (Å²) in [5.41, 5.74) is 2.54. The summed E-state index contributed by atoms with van der Waals surface area (Å²) in [4.78, 5) is 61.2. The Kier molecular flexibility index (Phi) is 17.1. The van der Waals surface area contributed by atoms with E-state index in [1.54, 1.807) is 61.2 Å². The summed E-state index contributed by atoms with van der Waals surface area (Å²) in [7, 11) is 5.99. The highest BCUT2D eigenvalue weighted by Crippen LogP contribution is 2.32. The van der Waals surface area contributed by atoms with Gasteiger partial charge in [-0.3, -0.25) is 19.2 Å². The van der Waals surface area contributed by atoms with Gasteiger partial charge in [-0.1, -0.05) is 53.6 Å². The van der Waals surface area contributed by atoms with E-state index >= 15 is 0 Å². The highest BCUT2D eigenvalue weighted by atomic mass is 35.5. The maximum absolute atomic E-state index is 14.0. The number of carbonyl (C=O) groups excluding carboxylic acids is 3. The smallest absolute Gasteiger partial charge is 0.304 e. The van der Waals surface area contributed by atoms with Crippen LogP contribution in [0.25, 0.3) is 11.3 Å². The van der Waals surface area contributed by atoms with Gasteiger partial charge >= 0.3 is 5.97 Å². The van der Waals surface area contributed by atoms with E-state index < -0.39 is 47.9 Å². The van der Waals surface area contributed by atoms with Gasteiger partial charge in [-0.05, 0) is 108 Å². The molecule has 4 atom stereocenters. The molecule has 5 N–H and O–H groups in total. The number of aliphatic hydroxyl groups excluding tert-OH is 1. The first-order valence-corrected chi connectivity index (χ1v) is 21.4. The van der Waals surface area contributed by atoms with Crippen molar-refractivity contribution < 1.29 is 34.1 Å². The number of aromatic nitrogens is 2. The van der Waals surface area contributed by atoms with Gasteiger partial charge in [-0.25, -0.2) is 4.98 Å². The molecule has 0 aliphatic carbocycles. The molecule has 2 heterocycles. The van der Waals surface area contributed by atoms with Crippen LogP contribution in [0, 0.1) is 5.92 Å². The van der Waals surface area contributed by atoms with Gasteiger partial charge in [0.25, 0.3) is 0 Å². The van der Waals surface area contributed by atoms with Crippen LogP contribution in [0.3, 0.4) is 0 Å². The minimum Gasteiger partial charge on any atom is -0.481 e. The maximum Gasteiger partial charge on any atom is 0.304 e. The number of nitrogens with zero attached hydrogens (tertiary/aromatic N) is 4. The van der Waals surface area contributed by atoms with Crippen molar-refractivity contribution in [2.75, 3.05) is 33.8 Å². The summed E-state index contributed by atoms with van der Waals surface area (Å²) in [5, 5.41) is 29.9. The van der Waals surface area contributed by atoms with Crippen LogP contribution in [-0.2, 0) is 45.7 Å². The second kappa shape index (κ2) is 22.2. The molecule has 1 fully saturated rings. The molecule has 0 unspecified atom stereocenters. The number of aliphatic hydroxyl groups is 1. The highest BCUT2D eigenvalue weighted by Gasteiger charge is 2.41. The van der Waals surface area contributed by atoms with Crippen molar-refractivity contribution in [3.63, 3.8) is 0 Å². The molecule has 1 saturated heterocycles. The number of imidazole rings is 1. The Bertz CT molecular complexity index is 2200. The Morgan fingerprint density at radius 3 is 2.39 bits per heavy atom. The fourth-order valence-electron chi connectivity index (χ4n) is 7.58. The SMILES string of the molecule is C/C=C/C[C@H](CC(=O)O)C(=O)N1CCC[C@](Cc2ccc(Cl)cc2)(NC(=O)[C@H](CO)NC(=O)[C@H](C)NCc2ccc(Cl)cc2Oc2ccc(-c3cnc(CN(C)C)n3C)cc2)C1. The predicted molar refractivity (Wildman–Crippen MR) is 240 cm³/mol. The Morgan fingerprint density at radius 1 is 1.02 bits per heavy atom. The highest BCUT2D eigenvalue weighted by molar-refractivity contribution is 6.31. The van der Waals surface area contributed by atoms with Gasteiger partial charge in [0.1, 0.15) is 23.4 Å². The number of ether oxygens (including phenoxy) is 1. The first kappa shape index (κ1) is 47.8. The Labute approximate surface area is 373 Å². The number of amides is 3. The number of carboxylic acids is 1. The quantitative estimate of drug-likeness (QED) is 0.0664. The number of allylic oxidation sites excluding steroid dienone is 2. The number of hydrogen-bond acceptors (Lipinski definition) is 9. The van der Waals surface area contributed by atoms with E-state index in [1.807, 2.05) is 63.7 Å². The van der Waals surface area contributed by atoms with Gasteiger partial charge in [0, 0.05) is 47.9 Å². The standard InChI is InChI=1S/C46H57Cl2N7O7/c1-6-7-9-33(22-42(57)58)45(61)55-21-8-20-46(29-55,24-31-10-15-35(47)16-11-31)52-44(60)38(28-56)51-43(59)30(2)49-25-34-12-17-36(48)23-40(34)62-37-18-13-32(14-19-37)39-26-50-41(54(39)5)27-53(3)4/h6-7,10-19,23,26,30,33,38,49,56H,8-9,20-22,24-25,27-29H2,1-5H3,(H,51,59)(H,52,60)(H,57,58)/b7-6+/t30-,33+,38-,46+/m0/s1. The molecule has 14 nitrogen and oxygen atoms in total. The minimum absolute atomic E-state index is 0.105. The number of carbonyl (C=O) groups is 4. The molecule has 332 valence electrons. The molecule has 3 amide bonds. The van der Waals surface area contributed by atoms with Gasteiger partial charge < -0.3 is 45.3 Å². The van der Waals surface area contributed by atoms with Crippen LogP contribution in [0.5, 0.6) is 11.5 Å². The van der Waals surface area contributed by atoms with Crippen LogP contribution in [0.1, 0.15) is 56.5 Å². The average molecular weight is 891 g/mol. The van der Waals surface area contributed by atoms with Crippen molar-refractivity contribution in [2.24, 2.45) is 13.0 Å². The zero-order valence-corrected chi connectivity index (χ0v) is 37.4. The van der Waals surface area contributed by atoms with E-state index in [1.165, 1.54) is 0 Å². The third-order valence-electron chi connectivity index (χ3n) is 10.9. The fourth-order valence-corrected chi connectivity index (χ4v) is 7.86. The summed E-state index contributed by atoms with van der Waals surface area (Å²) < 4.78 is 8.34. The first-order chi connectivity index (χ1) is 29.6. The number of hydrogen-bond donors (Lipinski definition) is 5. The Balaban J connectivity index is 1.24. The molecular formula is C46H57Cl2N7O7. The van der Waals surface area contributed by atoms with Gasteiger partial charge in [-0.15, -0.1) is 0 Å². The second-order valence-electron chi connectivity index (χ2n) is 16.1. The third kappa shape index (κ3) is 13.1. The van der Waals surface area contributed by atoms with Crippen molar-refractivity contribution in [1.29, 1.82) is 0 Å². The summed E-state index contributed by atoms with van der Waals surface area (Å²) in [6.07, 6.45) is 6.69. The maximum atomic E-state index is 14.0. The number of likely N-dealkylation sites (tertiary alicyclic amines) is 1. The number of aliphatic carboxylic acids is 1. The molecule has 3 aromatic carbocycles. The monoisotopic (exact) mass is 889 g/mol. The van der Waals surface area contributed by atoms with E-state index in [0.29, 0.717) is 53.9 Å². The number of piperidine rings is 1. The molecule has 1 aromatic heterocycles. The number of rotatable bonds is 20. The predicted octanol–water partition coefficient (Wildman–Crippen LogP) is 5.98. The molecule has 1 aliphatic heterocycles. The molecule has 0 spiro atoms. The Morgan fingerprint density at radius 2 is 1.73 bits per heavy atom. The third-order valence-corrected chi connectivity index (χ3v) is 11.4. The zero-order valence-electron chi connectivity index (χ0n) is 35.9. The van der Waals surface area contributed by atoms with E-state index in [-0.39, 0.29) is 31.8 Å². The molecular weight excluding hydrogens is 833 g/mol. The normalized spacial score (nSPS) is 16.8. The number of nitrogens with one attached hydrogen (secondary N) is 3. The summed E-state index contributed by atoms with van der Waals surface area (Å²) in [6, 6.07) is 17.9. The second-order valence-corrected chi connectivity index (χ2v) is 17.0. The van der Waals surface area contributed by atoms with E-state index in [4.69, 9.17) is 27.9 Å². The lowest BCUT2D eigenvalue weighted by molar-refractivity contribution is -0.146. The van der Waals surface area contributed by atoms with Crippen molar-refractivity contribution >= 4 is 46.9 Å². The van der Waals surface area contributed by atoms with Gasteiger partial charge in [-0.2, -0.15) is 0 Å². The largest absolute Gasteiger partial charge is 0.481 e. The summed E-state index contributed by atoms with van der Waals surface area (Å²) in [6.45, 7) is 4.20. The molecule has 0 saturated carbocycles. The summed E-state index contributed by atoms with van der Waals surface area (Å²) >= 11 is 12.5. The molecule has 62 heavy (non-hydrogen) atoms. The Hall–Kier alpha value is -5.25. The van der Waals surface area contributed by atoms with Crippen LogP contribution < -0.4 is 20.7 Å². The lowest BCUT2D eigenvalue weighted by atomic mass is 9.82. The van der Waals surface area contributed by atoms with Crippen LogP contribution in [0.15, 0.2) is 85.1 Å². The van der Waals surface area contributed by atoms with Gasteiger partial charge in [0.2, 0.25) is 17.7 Å². The topological polar surface area (TPSA) is 178 Å². The number of benzene rings is 3. The molecule has 1 aliphatic rings.